The highest BCUT2D eigenvalue weighted by molar-refractivity contribution is 5.77. The highest BCUT2D eigenvalue weighted by atomic mass is 19.1. The Kier molecular flexibility index (Phi) is 5.08. The number of nitrogens with zero attached hydrogens (tertiary/aromatic N) is 4. The molecule has 1 aliphatic heterocycles. The van der Waals surface area contributed by atoms with Gasteiger partial charge in [0.1, 0.15) is 0 Å². The number of hydrogen-bond donors (Lipinski definition) is 0. The van der Waals surface area contributed by atoms with Crippen molar-refractivity contribution in [2.45, 2.75) is 31.5 Å². The van der Waals surface area contributed by atoms with Crippen molar-refractivity contribution in [1.82, 2.24) is 19.6 Å². The summed E-state index contributed by atoms with van der Waals surface area (Å²) in [6, 6.07) is 16.2. The van der Waals surface area contributed by atoms with Crippen LogP contribution in [0, 0.1) is 0 Å². The summed E-state index contributed by atoms with van der Waals surface area (Å²) in [6.07, 6.45) is 0.720. The van der Waals surface area contributed by atoms with Gasteiger partial charge in [-0.1, -0.05) is 47.6 Å². The van der Waals surface area contributed by atoms with Gasteiger partial charge >= 0.3 is 5.76 Å². The highest BCUT2D eigenvalue weighted by Gasteiger charge is 2.43. The van der Waals surface area contributed by atoms with Crippen molar-refractivity contribution in [2.75, 3.05) is 13.1 Å². The van der Waals surface area contributed by atoms with Crippen LogP contribution in [0.2, 0.25) is 0 Å². The molecule has 0 aliphatic carbocycles. The molecule has 0 saturated carbocycles. The molecule has 8 nitrogen and oxygen atoms in total. The number of halogens is 1. The van der Waals surface area contributed by atoms with Gasteiger partial charge in [0.05, 0.1) is 12.1 Å². The number of likely N-dealkylation sites (tertiary alicyclic amines) is 1. The third-order valence-electron chi connectivity index (χ3n) is 5.76. The Bertz CT molecular complexity index is 1310. The first-order valence-electron chi connectivity index (χ1n) is 10.5. The van der Waals surface area contributed by atoms with Crippen LogP contribution >= 0.6 is 0 Å². The Morgan fingerprint density at radius 2 is 1.91 bits per heavy atom. The van der Waals surface area contributed by atoms with E-state index in [0.29, 0.717) is 29.9 Å². The van der Waals surface area contributed by atoms with Crippen LogP contribution in [0.4, 0.5) is 4.39 Å². The van der Waals surface area contributed by atoms with Gasteiger partial charge in [-0.25, -0.2) is 9.18 Å². The normalized spacial score (nSPS) is 18.8. The molecule has 0 radical (unpaired) electrons. The second kappa shape index (κ2) is 8.07. The quantitative estimate of drug-likeness (QED) is 0.475. The largest absolute Gasteiger partial charge is 0.419 e. The van der Waals surface area contributed by atoms with E-state index in [4.69, 9.17) is 8.94 Å². The molecule has 4 aromatic rings. The summed E-state index contributed by atoms with van der Waals surface area (Å²) in [5.74, 6) is -0.568. The summed E-state index contributed by atoms with van der Waals surface area (Å²) in [5.41, 5.74) is -0.0837. The third kappa shape index (κ3) is 3.70. The fourth-order valence-corrected chi connectivity index (χ4v) is 4.10. The summed E-state index contributed by atoms with van der Waals surface area (Å²) in [5, 5.41) is 3.91. The van der Waals surface area contributed by atoms with Crippen LogP contribution in [0.1, 0.15) is 25.2 Å². The predicted octanol–water partition coefficient (Wildman–Crippen LogP) is 3.52. The monoisotopic (exact) mass is 436 g/mol. The maximum absolute atomic E-state index is 15.8. The number of alkyl halides is 1. The van der Waals surface area contributed by atoms with Crippen molar-refractivity contribution >= 4 is 17.0 Å². The number of fused-ring (bicyclic) bond motifs is 1. The van der Waals surface area contributed by atoms with Gasteiger partial charge in [0, 0.05) is 25.1 Å². The smallest absolute Gasteiger partial charge is 0.408 e. The lowest BCUT2D eigenvalue weighted by Gasteiger charge is -2.35. The van der Waals surface area contributed by atoms with Gasteiger partial charge in [0.2, 0.25) is 17.4 Å². The fourth-order valence-electron chi connectivity index (χ4n) is 4.10. The maximum Gasteiger partial charge on any atom is 0.419 e. The lowest BCUT2D eigenvalue weighted by Crippen LogP contribution is -2.46. The Hall–Kier alpha value is -3.75. The molecule has 3 heterocycles. The summed E-state index contributed by atoms with van der Waals surface area (Å²) in [6.45, 7) is 0.428. The molecule has 0 bridgehead atoms. The minimum absolute atomic E-state index is 0.0542. The van der Waals surface area contributed by atoms with Crippen LogP contribution in [-0.4, -0.2) is 38.6 Å². The molecule has 1 amide bonds. The number of oxazole rings is 1. The molecular weight excluding hydrogens is 415 g/mol. The second-order valence-corrected chi connectivity index (χ2v) is 7.91. The average molecular weight is 436 g/mol. The molecule has 1 unspecified atom stereocenters. The lowest BCUT2D eigenvalue weighted by atomic mass is 9.94. The highest BCUT2D eigenvalue weighted by Crippen LogP contribution is 2.35. The van der Waals surface area contributed by atoms with Crippen molar-refractivity contribution < 1.29 is 18.1 Å². The summed E-state index contributed by atoms with van der Waals surface area (Å²) < 4.78 is 27.6. The van der Waals surface area contributed by atoms with Crippen LogP contribution in [0.3, 0.4) is 0 Å². The molecule has 1 saturated heterocycles. The fraction of sp³-hybridized carbons (Fsp3) is 0.304. The zero-order valence-electron chi connectivity index (χ0n) is 17.2. The topological polar surface area (TPSA) is 94.4 Å². The molecule has 0 N–H and O–H groups in total. The molecule has 0 spiro atoms. The van der Waals surface area contributed by atoms with Gasteiger partial charge in [-0.3, -0.25) is 9.36 Å². The number of benzene rings is 2. The maximum atomic E-state index is 15.8. The molecule has 1 fully saturated rings. The number of aromatic nitrogens is 3. The van der Waals surface area contributed by atoms with Crippen LogP contribution in [-0.2, 0) is 17.0 Å². The average Bonchev–Trinajstić information content (AvgIpc) is 3.43. The molecule has 2 aromatic carbocycles. The minimum Gasteiger partial charge on any atom is -0.408 e. The second-order valence-electron chi connectivity index (χ2n) is 7.91. The van der Waals surface area contributed by atoms with E-state index in [0.717, 1.165) is 5.56 Å². The number of aryl methyl sites for hydroxylation is 1. The number of amides is 1. The molecule has 2 aromatic heterocycles. The van der Waals surface area contributed by atoms with Gasteiger partial charge < -0.3 is 13.8 Å². The van der Waals surface area contributed by atoms with Crippen LogP contribution in [0.25, 0.3) is 22.5 Å². The standard InChI is InChI=1S/C23H21FN4O4/c24-23(21-25-20(26-32-21)16-7-2-1-3-8-16)12-6-13-27(15-23)19(29)11-14-28-17-9-4-5-10-18(17)31-22(28)30/h1-5,7-10H,6,11-15H2. The minimum atomic E-state index is -1.91. The molecule has 164 valence electrons. The number of carbonyl (C=O) groups excluding carboxylic acids is 1. The van der Waals surface area contributed by atoms with Gasteiger partial charge in [0.25, 0.3) is 5.89 Å². The third-order valence-corrected chi connectivity index (χ3v) is 5.76. The van der Waals surface area contributed by atoms with Crippen molar-refractivity contribution in [3.05, 3.63) is 71.0 Å². The van der Waals surface area contributed by atoms with Gasteiger partial charge in [0.15, 0.2) is 5.58 Å². The zero-order valence-corrected chi connectivity index (χ0v) is 17.2. The number of hydrogen-bond acceptors (Lipinski definition) is 6. The van der Waals surface area contributed by atoms with Gasteiger partial charge in [-0.05, 0) is 25.0 Å². The Morgan fingerprint density at radius 1 is 1.12 bits per heavy atom. The van der Waals surface area contributed by atoms with Crippen molar-refractivity contribution in [1.29, 1.82) is 0 Å². The van der Waals surface area contributed by atoms with Crippen molar-refractivity contribution in [3.8, 4) is 11.4 Å². The zero-order chi connectivity index (χ0) is 22.1. The van der Waals surface area contributed by atoms with E-state index < -0.39 is 11.4 Å². The first-order valence-corrected chi connectivity index (χ1v) is 10.5. The molecule has 32 heavy (non-hydrogen) atoms. The van der Waals surface area contributed by atoms with Crippen LogP contribution in [0.5, 0.6) is 0 Å². The van der Waals surface area contributed by atoms with E-state index in [-0.39, 0.29) is 37.7 Å². The number of piperidine rings is 1. The summed E-state index contributed by atoms with van der Waals surface area (Å²) in [4.78, 5) is 30.7. The molecular formula is C23H21FN4O4. The van der Waals surface area contributed by atoms with Crippen molar-refractivity contribution in [2.24, 2.45) is 0 Å². The number of carbonyl (C=O) groups is 1. The lowest BCUT2D eigenvalue weighted by molar-refractivity contribution is -0.136. The van der Waals surface area contributed by atoms with Crippen LogP contribution in [0.15, 0.2) is 68.3 Å². The number of rotatable bonds is 5. The van der Waals surface area contributed by atoms with Gasteiger partial charge in [-0.2, -0.15) is 4.98 Å². The summed E-state index contributed by atoms with van der Waals surface area (Å²) in [7, 11) is 0. The van der Waals surface area contributed by atoms with E-state index in [1.165, 1.54) is 9.47 Å². The summed E-state index contributed by atoms with van der Waals surface area (Å²) >= 11 is 0. The predicted molar refractivity (Wildman–Crippen MR) is 113 cm³/mol. The van der Waals surface area contributed by atoms with E-state index >= 15 is 4.39 Å². The molecule has 5 rings (SSSR count). The van der Waals surface area contributed by atoms with E-state index in [9.17, 15) is 9.59 Å². The Balaban J connectivity index is 1.29. The van der Waals surface area contributed by atoms with E-state index in [1.807, 2.05) is 30.3 Å². The first-order chi connectivity index (χ1) is 15.5. The first kappa shape index (κ1) is 20.2. The molecule has 9 heteroatoms. The van der Waals surface area contributed by atoms with Crippen LogP contribution < -0.4 is 5.76 Å². The molecule has 1 aliphatic rings. The Morgan fingerprint density at radius 3 is 2.75 bits per heavy atom. The molecule has 1 atom stereocenters. The van der Waals surface area contributed by atoms with E-state index in [2.05, 4.69) is 10.1 Å². The SMILES string of the molecule is O=C(CCn1c(=O)oc2ccccc21)N1CCCC(F)(c2nc(-c3ccccc3)no2)C1. The van der Waals surface area contributed by atoms with E-state index in [1.54, 1.807) is 24.3 Å². The Labute approximate surface area is 182 Å². The van der Waals surface area contributed by atoms with Gasteiger partial charge in [-0.15, -0.1) is 0 Å². The number of para-hydroxylation sites is 2. The van der Waals surface area contributed by atoms with Crippen molar-refractivity contribution in [3.63, 3.8) is 0 Å².